The Morgan fingerprint density at radius 1 is 1.16 bits per heavy atom. The molecule has 2 bridgehead atoms. The molecule has 4 heterocycles. The Hall–Kier alpha value is -2.64. The van der Waals surface area contributed by atoms with E-state index in [1.165, 1.54) is 24.0 Å². The molecule has 7 nitrogen and oxygen atoms in total. The van der Waals surface area contributed by atoms with E-state index in [0.29, 0.717) is 12.8 Å². The summed E-state index contributed by atoms with van der Waals surface area (Å²) in [5.74, 6) is 2.45. The molecule has 2 saturated heterocycles. The summed E-state index contributed by atoms with van der Waals surface area (Å²) in [4.78, 5) is 23.1. The molecule has 2 spiro atoms. The average molecular weight is 516 g/mol. The Labute approximate surface area is 224 Å². The van der Waals surface area contributed by atoms with E-state index in [-0.39, 0.29) is 18.1 Å². The molecule has 5 atom stereocenters. The molecule has 0 unspecified atom stereocenters. The van der Waals surface area contributed by atoms with Crippen molar-refractivity contribution in [3.05, 3.63) is 53.3 Å². The van der Waals surface area contributed by atoms with Crippen molar-refractivity contribution < 1.29 is 19.4 Å². The fraction of sp³-hybridized carbons (Fsp3) is 0.613. The molecule has 1 aromatic carbocycles. The predicted molar refractivity (Wildman–Crippen MR) is 141 cm³/mol. The van der Waals surface area contributed by atoms with Crippen LogP contribution in [0, 0.1) is 5.92 Å². The fourth-order valence-electron chi connectivity index (χ4n) is 9.29. The molecule has 3 aliphatic carbocycles. The standard InChI is InChI=1S/C31H37N3O4/c1-37-23-9-8-21-17-24-31(36)12-11-29(10-4-15-34(29)25(35)18-22-5-2-3-14-32-22)28-30(31,26(21)27(23)38-28)13-16-33(24)19-20-6-7-20/h2-3,5,8-9,14,20,24,28,36H,4,6-7,10-13,15-19H2,1H3/t24-,28+,29-,30+,31-/m1/s1. The van der Waals surface area contributed by atoms with Crippen molar-refractivity contribution in [2.24, 2.45) is 5.92 Å². The average Bonchev–Trinajstić information content (AvgIpc) is 3.52. The molecule has 2 aromatic rings. The molecular weight excluding hydrogens is 478 g/mol. The number of ether oxygens (including phenoxy) is 2. The van der Waals surface area contributed by atoms with Gasteiger partial charge in [-0.3, -0.25) is 14.7 Å². The molecule has 4 fully saturated rings. The van der Waals surface area contributed by atoms with Crippen LogP contribution < -0.4 is 9.47 Å². The number of aliphatic hydroxyl groups is 1. The van der Waals surface area contributed by atoms with Gasteiger partial charge in [-0.25, -0.2) is 0 Å². The summed E-state index contributed by atoms with van der Waals surface area (Å²) < 4.78 is 12.9. The summed E-state index contributed by atoms with van der Waals surface area (Å²) in [6.07, 6.45) is 9.43. The second kappa shape index (κ2) is 7.95. The summed E-state index contributed by atoms with van der Waals surface area (Å²) in [5, 5.41) is 12.9. The highest BCUT2D eigenvalue weighted by atomic mass is 16.5. The van der Waals surface area contributed by atoms with E-state index >= 15 is 0 Å². The van der Waals surface area contributed by atoms with Crippen molar-refractivity contribution >= 4 is 5.91 Å². The van der Waals surface area contributed by atoms with Crippen LogP contribution in [0.25, 0.3) is 0 Å². The summed E-state index contributed by atoms with van der Waals surface area (Å²) in [5.41, 5.74) is 1.44. The van der Waals surface area contributed by atoms with Gasteiger partial charge in [0.15, 0.2) is 11.5 Å². The van der Waals surface area contributed by atoms with Gasteiger partial charge in [0.2, 0.25) is 5.91 Å². The van der Waals surface area contributed by atoms with Gasteiger partial charge in [0.25, 0.3) is 0 Å². The van der Waals surface area contributed by atoms with Crippen LogP contribution in [0.1, 0.15) is 61.8 Å². The Balaban J connectivity index is 1.25. The topological polar surface area (TPSA) is 75.1 Å². The summed E-state index contributed by atoms with van der Waals surface area (Å²) in [6.45, 7) is 2.79. The highest BCUT2D eigenvalue weighted by Crippen LogP contribution is 2.69. The summed E-state index contributed by atoms with van der Waals surface area (Å²) in [6, 6.07) is 10.1. The van der Waals surface area contributed by atoms with Crippen LogP contribution in [0.4, 0.5) is 0 Å². The molecule has 3 aliphatic heterocycles. The third-order valence-electron chi connectivity index (χ3n) is 11.0. The number of rotatable bonds is 5. The quantitative estimate of drug-likeness (QED) is 0.659. The number of carbonyl (C=O) groups is 1. The van der Waals surface area contributed by atoms with Crippen molar-refractivity contribution in [1.82, 2.24) is 14.8 Å². The van der Waals surface area contributed by atoms with Gasteiger partial charge in [-0.05, 0) is 87.6 Å². The van der Waals surface area contributed by atoms with Crippen molar-refractivity contribution in [2.45, 2.75) is 86.5 Å². The number of nitrogens with zero attached hydrogens (tertiary/aromatic N) is 3. The second-order valence-corrected chi connectivity index (χ2v) is 12.7. The Bertz CT molecular complexity index is 1300. The number of hydrogen-bond acceptors (Lipinski definition) is 6. The van der Waals surface area contributed by atoms with E-state index in [1.54, 1.807) is 13.3 Å². The van der Waals surface area contributed by atoms with Gasteiger partial charge in [0.05, 0.1) is 30.1 Å². The highest BCUT2D eigenvalue weighted by Gasteiger charge is 2.77. The number of pyridine rings is 1. The predicted octanol–water partition coefficient (Wildman–Crippen LogP) is 3.26. The molecule has 2 saturated carbocycles. The molecule has 200 valence electrons. The molecule has 6 aliphatic rings. The number of hydrogen-bond donors (Lipinski definition) is 1. The van der Waals surface area contributed by atoms with E-state index in [1.807, 2.05) is 24.3 Å². The number of likely N-dealkylation sites (tertiary alicyclic amines) is 2. The van der Waals surface area contributed by atoms with Crippen LogP contribution in [0.3, 0.4) is 0 Å². The van der Waals surface area contributed by atoms with Crippen LogP contribution >= 0.6 is 0 Å². The van der Waals surface area contributed by atoms with E-state index < -0.39 is 16.6 Å². The largest absolute Gasteiger partial charge is 0.493 e. The minimum Gasteiger partial charge on any atom is -0.493 e. The minimum absolute atomic E-state index is 0.0891. The molecular formula is C31H37N3O4. The van der Waals surface area contributed by atoms with Gasteiger partial charge in [-0.15, -0.1) is 0 Å². The van der Waals surface area contributed by atoms with Gasteiger partial charge in [0, 0.05) is 36.6 Å². The van der Waals surface area contributed by atoms with E-state index in [2.05, 4.69) is 20.9 Å². The lowest BCUT2D eigenvalue weighted by Gasteiger charge is -2.67. The van der Waals surface area contributed by atoms with Crippen molar-refractivity contribution in [1.29, 1.82) is 0 Å². The van der Waals surface area contributed by atoms with E-state index in [0.717, 1.165) is 74.8 Å². The van der Waals surface area contributed by atoms with E-state index in [9.17, 15) is 9.90 Å². The molecule has 1 N–H and O–H groups in total. The third-order valence-corrected chi connectivity index (χ3v) is 11.0. The zero-order chi connectivity index (χ0) is 25.7. The third kappa shape index (κ3) is 2.87. The lowest BCUT2D eigenvalue weighted by molar-refractivity contribution is -0.217. The number of carbonyl (C=O) groups excluding carboxylic acids is 1. The van der Waals surface area contributed by atoms with Gasteiger partial charge >= 0.3 is 0 Å². The van der Waals surface area contributed by atoms with Crippen LogP contribution in [-0.2, 0) is 23.1 Å². The number of piperidine rings is 1. The lowest BCUT2D eigenvalue weighted by atomic mass is 9.45. The van der Waals surface area contributed by atoms with Gasteiger partial charge in [0.1, 0.15) is 6.10 Å². The van der Waals surface area contributed by atoms with Crippen LogP contribution in [0.15, 0.2) is 36.5 Å². The first-order valence-corrected chi connectivity index (χ1v) is 14.5. The van der Waals surface area contributed by atoms with Crippen LogP contribution in [-0.4, -0.2) is 75.8 Å². The zero-order valence-corrected chi connectivity index (χ0v) is 22.2. The minimum atomic E-state index is -0.876. The zero-order valence-electron chi connectivity index (χ0n) is 22.2. The maximum Gasteiger partial charge on any atom is 0.229 e. The smallest absolute Gasteiger partial charge is 0.229 e. The maximum absolute atomic E-state index is 13.9. The van der Waals surface area contributed by atoms with Crippen LogP contribution in [0.5, 0.6) is 11.5 Å². The second-order valence-electron chi connectivity index (χ2n) is 12.7. The molecule has 0 radical (unpaired) electrons. The van der Waals surface area contributed by atoms with Crippen molar-refractivity contribution in [2.75, 3.05) is 26.7 Å². The molecule has 8 rings (SSSR count). The number of benzene rings is 1. The Kier molecular flexibility index (Phi) is 4.87. The van der Waals surface area contributed by atoms with Crippen molar-refractivity contribution in [3.63, 3.8) is 0 Å². The first-order valence-electron chi connectivity index (χ1n) is 14.5. The summed E-state index contributed by atoms with van der Waals surface area (Å²) in [7, 11) is 1.70. The number of aromatic nitrogens is 1. The maximum atomic E-state index is 13.9. The summed E-state index contributed by atoms with van der Waals surface area (Å²) >= 11 is 0. The first-order chi connectivity index (χ1) is 18.5. The molecule has 1 amide bonds. The number of amides is 1. The number of methoxy groups -OCH3 is 1. The Morgan fingerprint density at radius 2 is 2.05 bits per heavy atom. The highest BCUT2D eigenvalue weighted by molar-refractivity contribution is 5.80. The normalized spacial score (nSPS) is 36.7. The molecule has 38 heavy (non-hydrogen) atoms. The van der Waals surface area contributed by atoms with Gasteiger partial charge < -0.3 is 19.5 Å². The first kappa shape index (κ1) is 23.3. The van der Waals surface area contributed by atoms with Gasteiger partial charge in [-0.1, -0.05) is 12.1 Å². The fourth-order valence-corrected chi connectivity index (χ4v) is 9.29. The van der Waals surface area contributed by atoms with Crippen molar-refractivity contribution in [3.8, 4) is 11.5 Å². The molecule has 1 aromatic heterocycles. The SMILES string of the molecule is COc1ccc2c3c1O[C@H]1[C@@]4(CCCN4C(=O)Cc4ccccn4)CC[C@@]4(O)[C@@H](C2)N(CC2CC2)CC[C@]314. The molecule has 7 heteroatoms. The number of fused-ring (bicyclic) bond motifs is 1. The lowest BCUT2D eigenvalue weighted by Crippen LogP contribution is -2.80. The van der Waals surface area contributed by atoms with E-state index in [4.69, 9.17) is 9.47 Å². The van der Waals surface area contributed by atoms with Gasteiger partial charge in [-0.2, -0.15) is 0 Å². The Morgan fingerprint density at radius 3 is 2.84 bits per heavy atom. The van der Waals surface area contributed by atoms with Crippen LogP contribution in [0.2, 0.25) is 0 Å². The monoisotopic (exact) mass is 515 g/mol.